The molecule has 2 atom stereocenters. The van der Waals surface area contributed by atoms with Crippen molar-refractivity contribution in [2.45, 2.75) is 44.2 Å². The molecular weight excluding hydrogens is 267 g/mol. The summed E-state index contributed by atoms with van der Waals surface area (Å²) in [6.07, 6.45) is 4.14. The van der Waals surface area contributed by atoms with Crippen molar-refractivity contribution in [1.29, 1.82) is 5.26 Å². The molecule has 2 aliphatic rings. The Kier molecular flexibility index (Phi) is 3.77. The van der Waals surface area contributed by atoms with Crippen molar-refractivity contribution in [3.8, 4) is 6.07 Å². The molecule has 0 spiro atoms. The molecule has 1 aromatic carbocycles. The van der Waals surface area contributed by atoms with Crippen LogP contribution in [0.5, 0.6) is 0 Å². The fraction of sp³-hybridized carbons (Fsp3) is 0.529. The number of rotatable bonds is 3. The number of Topliss-reactive ketones (excluding diaryl/α,β-unsaturated/α-hetero) is 1. The van der Waals surface area contributed by atoms with E-state index >= 15 is 0 Å². The van der Waals surface area contributed by atoms with E-state index in [1.165, 1.54) is 18.9 Å². The van der Waals surface area contributed by atoms with Crippen molar-refractivity contribution in [2.75, 3.05) is 7.05 Å². The number of nitriles is 1. The minimum Gasteiger partial charge on any atom is -0.300 e. The van der Waals surface area contributed by atoms with Gasteiger partial charge < -0.3 is 4.90 Å². The van der Waals surface area contributed by atoms with E-state index in [0.717, 1.165) is 12.8 Å². The van der Waals surface area contributed by atoms with Gasteiger partial charge in [-0.1, -0.05) is 12.1 Å². The number of piperidine rings is 1. The molecule has 0 amide bonds. The van der Waals surface area contributed by atoms with Gasteiger partial charge in [0.05, 0.1) is 12.5 Å². The maximum absolute atomic E-state index is 13.9. The van der Waals surface area contributed by atoms with Gasteiger partial charge in [0.15, 0.2) is 5.78 Å². The van der Waals surface area contributed by atoms with Gasteiger partial charge in [-0.25, -0.2) is 4.39 Å². The van der Waals surface area contributed by atoms with Crippen LogP contribution in [-0.2, 0) is 6.42 Å². The fourth-order valence-corrected chi connectivity index (χ4v) is 3.79. The van der Waals surface area contributed by atoms with E-state index in [2.05, 4.69) is 11.9 Å². The summed E-state index contributed by atoms with van der Waals surface area (Å²) < 4.78 is 13.9. The normalized spacial score (nSPS) is 28.3. The Balaban J connectivity index is 1.77. The molecule has 2 bridgehead atoms. The second kappa shape index (κ2) is 5.57. The highest BCUT2D eigenvalue weighted by Crippen LogP contribution is 2.38. The molecular formula is C17H19FN2O. The molecule has 3 rings (SSSR count). The Morgan fingerprint density at radius 2 is 2.05 bits per heavy atom. The summed E-state index contributed by atoms with van der Waals surface area (Å²) in [6.45, 7) is 0. The number of hydrogen-bond acceptors (Lipinski definition) is 3. The molecule has 2 heterocycles. The summed E-state index contributed by atoms with van der Waals surface area (Å²) in [5.74, 6) is -0.374. The highest BCUT2D eigenvalue weighted by Gasteiger charge is 2.40. The Morgan fingerprint density at radius 3 is 2.62 bits per heavy atom. The van der Waals surface area contributed by atoms with Gasteiger partial charge in [0, 0.05) is 29.1 Å². The summed E-state index contributed by atoms with van der Waals surface area (Å²) >= 11 is 0. The van der Waals surface area contributed by atoms with Crippen LogP contribution in [0.4, 0.5) is 4.39 Å². The van der Waals surface area contributed by atoms with E-state index in [4.69, 9.17) is 5.26 Å². The first-order chi connectivity index (χ1) is 10.1. The Labute approximate surface area is 124 Å². The van der Waals surface area contributed by atoms with Gasteiger partial charge in [-0.2, -0.15) is 5.26 Å². The van der Waals surface area contributed by atoms with E-state index in [0.29, 0.717) is 23.2 Å². The zero-order chi connectivity index (χ0) is 15.0. The van der Waals surface area contributed by atoms with Gasteiger partial charge in [0.25, 0.3) is 0 Å². The molecule has 0 radical (unpaired) electrons. The summed E-state index contributed by atoms with van der Waals surface area (Å²) in [7, 11) is 2.14. The van der Waals surface area contributed by atoms with E-state index in [9.17, 15) is 9.18 Å². The monoisotopic (exact) mass is 286 g/mol. The number of ketones is 1. The molecule has 0 aromatic heterocycles. The molecule has 2 saturated heterocycles. The van der Waals surface area contributed by atoms with Crippen LogP contribution in [0.1, 0.15) is 41.6 Å². The smallest absolute Gasteiger partial charge is 0.166 e. The largest absolute Gasteiger partial charge is 0.300 e. The van der Waals surface area contributed by atoms with E-state index in [-0.39, 0.29) is 18.1 Å². The first-order valence-corrected chi connectivity index (χ1v) is 7.51. The second-order valence-corrected chi connectivity index (χ2v) is 6.22. The Hall–Kier alpha value is -1.73. The molecule has 3 nitrogen and oxygen atoms in total. The number of benzene rings is 1. The minimum atomic E-state index is -0.446. The average Bonchev–Trinajstić information content (AvgIpc) is 2.70. The second-order valence-electron chi connectivity index (χ2n) is 6.22. The van der Waals surface area contributed by atoms with Crippen LogP contribution in [0.15, 0.2) is 18.2 Å². The SMILES string of the molecule is CN1C2CCC1CC(C(=O)c1ccc(CC#N)c(F)c1)C2. The molecule has 0 saturated carbocycles. The summed E-state index contributed by atoms with van der Waals surface area (Å²) in [4.78, 5) is 15.0. The molecule has 2 fully saturated rings. The minimum absolute atomic E-state index is 0.0138. The molecule has 0 N–H and O–H groups in total. The lowest BCUT2D eigenvalue weighted by Gasteiger charge is -2.35. The molecule has 21 heavy (non-hydrogen) atoms. The zero-order valence-corrected chi connectivity index (χ0v) is 12.2. The summed E-state index contributed by atoms with van der Waals surface area (Å²) in [5.41, 5.74) is 0.806. The lowest BCUT2D eigenvalue weighted by Crippen LogP contribution is -2.42. The lowest BCUT2D eigenvalue weighted by molar-refractivity contribution is 0.0766. The third-order valence-corrected chi connectivity index (χ3v) is 5.08. The van der Waals surface area contributed by atoms with Gasteiger partial charge in [-0.15, -0.1) is 0 Å². The Bertz CT molecular complexity index is 593. The van der Waals surface area contributed by atoms with Crippen molar-refractivity contribution in [3.05, 3.63) is 35.1 Å². The van der Waals surface area contributed by atoms with E-state index in [1.54, 1.807) is 12.1 Å². The Morgan fingerprint density at radius 1 is 1.38 bits per heavy atom. The third-order valence-electron chi connectivity index (χ3n) is 5.08. The standard InChI is InChI=1S/C17H19FN2O/c1-20-14-4-5-15(20)9-13(8-14)17(21)12-3-2-11(6-7-19)16(18)10-12/h2-3,10,13-15H,4-6,8-9H2,1H3. The van der Waals surface area contributed by atoms with Gasteiger partial charge in [0.1, 0.15) is 5.82 Å². The first kappa shape index (κ1) is 14.2. The van der Waals surface area contributed by atoms with Crippen LogP contribution in [-0.4, -0.2) is 29.8 Å². The average molecular weight is 286 g/mol. The highest BCUT2D eigenvalue weighted by atomic mass is 19.1. The van der Waals surface area contributed by atoms with Crippen molar-refractivity contribution < 1.29 is 9.18 Å². The van der Waals surface area contributed by atoms with Crippen LogP contribution in [0.3, 0.4) is 0 Å². The van der Waals surface area contributed by atoms with Crippen molar-refractivity contribution in [1.82, 2.24) is 4.90 Å². The molecule has 0 aliphatic carbocycles. The van der Waals surface area contributed by atoms with E-state index in [1.807, 2.05) is 6.07 Å². The quantitative estimate of drug-likeness (QED) is 0.802. The van der Waals surface area contributed by atoms with Gasteiger partial charge in [-0.3, -0.25) is 4.79 Å². The number of halogens is 1. The van der Waals surface area contributed by atoms with Crippen molar-refractivity contribution in [2.24, 2.45) is 5.92 Å². The van der Waals surface area contributed by atoms with Crippen LogP contribution >= 0.6 is 0 Å². The fourth-order valence-electron chi connectivity index (χ4n) is 3.79. The zero-order valence-electron chi connectivity index (χ0n) is 12.2. The number of carbonyl (C=O) groups is 1. The molecule has 4 heteroatoms. The molecule has 2 unspecified atom stereocenters. The highest BCUT2D eigenvalue weighted by molar-refractivity contribution is 5.98. The van der Waals surface area contributed by atoms with Crippen LogP contribution in [0.25, 0.3) is 0 Å². The van der Waals surface area contributed by atoms with Gasteiger partial charge >= 0.3 is 0 Å². The summed E-state index contributed by atoms with van der Waals surface area (Å²) in [6, 6.07) is 7.46. The predicted octanol–water partition coefficient (Wildman–Crippen LogP) is 2.95. The number of nitrogens with zero attached hydrogens (tertiary/aromatic N) is 2. The first-order valence-electron chi connectivity index (χ1n) is 7.51. The van der Waals surface area contributed by atoms with E-state index < -0.39 is 5.82 Å². The molecule has 110 valence electrons. The summed E-state index contributed by atoms with van der Waals surface area (Å²) in [5, 5.41) is 8.63. The van der Waals surface area contributed by atoms with Crippen LogP contribution < -0.4 is 0 Å². The maximum atomic E-state index is 13.9. The number of carbonyl (C=O) groups excluding carboxylic acids is 1. The van der Waals surface area contributed by atoms with Crippen LogP contribution in [0, 0.1) is 23.1 Å². The van der Waals surface area contributed by atoms with Crippen molar-refractivity contribution in [3.63, 3.8) is 0 Å². The number of fused-ring (bicyclic) bond motifs is 2. The lowest BCUT2D eigenvalue weighted by atomic mass is 9.85. The number of hydrogen-bond donors (Lipinski definition) is 0. The van der Waals surface area contributed by atoms with Crippen LogP contribution in [0.2, 0.25) is 0 Å². The predicted molar refractivity (Wildman–Crippen MR) is 77.3 cm³/mol. The van der Waals surface area contributed by atoms with Gasteiger partial charge in [0.2, 0.25) is 0 Å². The topological polar surface area (TPSA) is 44.1 Å². The van der Waals surface area contributed by atoms with Gasteiger partial charge in [-0.05, 0) is 38.8 Å². The third kappa shape index (κ3) is 2.58. The maximum Gasteiger partial charge on any atom is 0.166 e. The molecule has 2 aliphatic heterocycles. The van der Waals surface area contributed by atoms with Crippen molar-refractivity contribution >= 4 is 5.78 Å². The molecule has 1 aromatic rings.